The van der Waals surface area contributed by atoms with Crippen LogP contribution in [0.5, 0.6) is 0 Å². The smallest absolute Gasteiger partial charge is 0.179 e. The summed E-state index contributed by atoms with van der Waals surface area (Å²) in [6.07, 6.45) is 0. The van der Waals surface area contributed by atoms with E-state index in [0.717, 1.165) is 22.7 Å². The molecule has 0 aliphatic heterocycles. The fourth-order valence-electron chi connectivity index (χ4n) is 1.59. The van der Waals surface area contributed by atoms with Crippen LogP contribution in [0.1, 0.15) is 56.6 Å². The van der Waals surface area contributed by atoms with Crippen LogP contribution >= 0.6 is 0 Å². The minimum absolute atomic E-state index is 0.337. The summed E-state index contributed by atoms with van der Waals surface area (Å²) in [6, 6.07) is 2.10. The second-order valence-corrected chi connectivity index (χ2v) is 4.84. The largest absolute Gasteiger partial charge is 0.209 e. The number of hydrogen-bond acceptors (Lipinski definition) is 3. The molecule has 2 aromatic rings. The van der Waals surface area contributed by atoms with E-state index in [1.54, 1.807) is 4.63 Å². The molecule has 4 nitrogen and oxygen atoms in total. The Balaban J connectivity index is 2.63. The Morgan fingerprint density at radius 1 is 1.06 bits per heavy atom. The first kappa shape index (κ1) is 11.0. The topological polar surface area (TPSA) is 43.1 Å². The molecule has 0 aliphatic rings. The van der Waals surface area contributed by atoms with E-state index >= 15 is 0 Å². The summed E-state index contributed by atoms with van der Waals surface area (Å²) in [5, 5.41) is 8.89. The van der Waals surface area contributed by atoms with Crippen molar-refractivity contribution in [1.29, 1.82) is 0 Å². The maximum absolute atomic E-state index is 4.50. The molecule has 0 aliphatic carbocycles. The van der Waals surface area contributed by atoms with Crippen LogP contribution < -0.4 is 0 Å². The molecular formula is C12H18N4. The van der Waals surface area contributed by atoms with Gasteiger partial charge in [-0.15, -0.1) is 9.73 Å². The lowest BCUT2D eigenvalue weighted by atomic mass is 10.1. The minimum atomic E-state index is 0.337. The molecule has 0 amide bonds. The van der Waals surface area contributed by atoms with Crippen LogP contribution in [-0.4, -0.2) is 19.8 Å². The van der Waals surface area contributed by atoms with Gasteiger partial charge < -0.3 is 0 Å². The maximum atomic E-state index is 4.50. The van der Waals surface area contributed by atoms with Crippen molar-refractivity contribution in [2.75, 3.05) is 0 Å². The van der Waals surface area contributed by atoms with Gasteiger partial charge in [0.15, 0.2) is 11.5 Å². The van der Waals surface area contributed by atoms with Gasteiger partial charge in [0.05, 0.1) is 5.69 Å². The lowest BCUT2D eigenvalue weighted by Gasteiger charge is -2.05. The van der Waals surface area contributed by atoms with Gasteiger partial charge in [-0.25, -0.2) is 4.98 Å². The quantitative estimate of drug-likeness (QED) is 0.778. The number of rotatable bonds is 2. The summed E-state index contributed by atoms with van der Waals surface area (Å²) < 4.78 is 1.67. The molecule has 0 fully saturated rings. The third kappa shape index (κ3) is 1.79. The average Bonchev–Trinajstić information content (AvgIpc) is 2.61. The molecule has 16 heavy (non-hydrogen) atoms. The second kappa shape index (κ2) is 3.85. The summed E-state index contributed by atoms with van der Waals surface area (Å²) in [5.74, 6) is 1.61. The lowest BCUT2D eigenvalue weighted by molar-refractivity contribution is 0.685. The molecule has 2 heterocycles. The van der Waals surface area contributed by atoms with E-state index in [4.69, 9.17) is 0 Å². The Hall–Kier alpha value is -1.45. The number of fused-ring (bicyclic) bond motifs is 1. The highest BCUT2D eigenvalue weighted by molar-refractivity contribution is 5.46. The van der Waals surface area contributed by atoms with E-state index in [1.165, 1.54) is 0 Å². The summed E-state index contributed by atoms with van der Waals surface area (Å²) in [5.41, 5.74) is 3.07. The molecule has 86 valence electrons. The van der Waals surface area contributed by atoms with Gasteiger partial charge in [-0.2, -0.15) is 5.10 Å². The summed E-state index contributed by atoms with van der Waals surface area (Å²) in [4.78, 5) is 4.50. The SMILES string of the molecule is Cc1cc(C(C)C)nn2nc(C(C)C)nc12. The van der Waals surface area contributed by atoms with Gasteiger partial charge in [0.1, 0.15) is 0 Å². The molecule has 0 saturated carbocycles. The zero-order valence-electron chi connectivity index (χ0n) is 10.5. The van der Waals surface area contributed by atoms with Crippen LogP contribution in [0.15, 0.2) is 6.07 Å². The predicted octanol–water partition coefficient (Wildman–Crippen LogP) is 2.68. The van der Waals surface area contributed by atoms with Crippen LogP contribution in [0, 0.1) is 6.92 Å². The highest BCUT2D eigenvalue weighted by Gasteiger charge is 2.12. The molecule has 0 N–H and O–H groups in total. The first-order chi connectivity index (χ1) is 7.49. The van der Waals surface area contributed by atoms with Gasteiger partial charge in [-0.1, -0.05) is 27.7 Å². The molecule has 0 saturated heterocycles. The standard InChI is InChI=1S/C12H18N4/c1-7(2)10-6-9(5)12-13-11(8(3)4)15-16(12)14-10/h6-8H,1-5H3. The lowest BCUT2D eigenvalue weighted by Crippen LogP contribution is -2.03. The zero-order chi connectivity index (χ0) is 11.9. The maximum Gasteiger partial charge on any atom is 0.179 e. The number of hydrogen-bond donors (Lipinski definition) is 0. The molecule has 0 unspecified atom stereocenters. The Morgan fingerprint density at radius 2 is 1.75 bits per heavy atom. The van der Waals surface area contributed by atoms with E-state index < -0.39 is 0 Å². The van der Waals surface area contributed by atoms with Crippen molar-refractivity contribution in [3.8, 4) is 0 Å². The molecule has 4 heteroatoms. The van der Waals surface area contributed by atoms with Crippen LogP contribution in [0.3, 0.4) is 0 Å². The fraction of sp³-hybridized carbons (Fsp3) is 0.583. The van der Waals surface area contributed by atoms with E-state index in [1.807, 2.05) is 0 Å². The number of nitrogens with zero attached hydrogens (tertiary/aromatic N) is 4. The molecule has 2 aromatic heterocycles. The van der Waals surface area contributed by atoms with Gasteiger partial charge in [-0.3, -0.25) is 0 Å². The van der Waals surface area contributed by atoms with Crippen molar-refractivity contribution in [2.45, 2.75) is 46.5 Å². The first-order valence-electron chi connectivity index (χ1n) is 5.73. The van der Waals surface area contributed by atoms with Gasteiger partial charge in [0.25, 0.3) is 0 Å². The van der Waals surface area contributed by atoms with E-state index in [2.05, 4.69) is 55.9 Å². The minimum Gasteiger partial charge on any atom is -0.209 e. The van der Waals surface area contributed by atoms with Gasteiger partial charge in [0, 0.05) is 5.92 Å². The monoisotopic (exact) mass is 218 g/mol. The first-order valence-corrected chi connectivity index (χ1v) is 5.73. The summed E-state index contributed by atoms with van der Waals surface area (Å²) in [6.45, 7) is 10.5. The molecule has 0 aromatic carbocycles. The number of aromatic nitrogens is 4. The van der Waals surface area contributed by atoms with Crippen molar-refractivity contribution >= 4 is 5.65 Å². The average molecular weight is 218 g/mol. The van der Waals surface area contributed by atoms with Crippen molar-refractivity contribution in [3.05, 3.63) is 23.1 Å². The highest BCUT2D eigenvalue weighted by Crippen LogP contribution is 2.17. The van der Waals surface area contributed by atoms with Crippen LogP contribution in [0.25, 0.3) is 5.65 Å². The Morgan fingerprint density at radius 3 is 2.31 bits per heavy atom. The van der Waals surface area contributed by atoms with Gasteiger partial charge in [-0.05, 0) is 24.5 Å². The number of aryl methyl sites for hydroxylation is 1. The van der Waals surface area contributed by atoms with Crippen LogP contribution in [0.2, 0.25) is 0 Å². The van der Waals surface area contributed by atoms with E-state index in [9.17, 15) is 0 Å². The van der Waals surface area contributed by atoms with Crippen LogP contribution in [0.4, 0.5) is 0 Å². The molecule has 0 atom stereocenters. The van der Waals surface area contributed by atoms with Crippen molar-refractivity contribution in [1.82, 2.24) is 19.8 Å². The third-order valence-electron chi connectivity index (χ3n) is 2.64. The van der Waals surface area contributed by atoms with E-state index in [-0.39, 0.29) is 0 Å². The molecule has 2 rings (SSSR count). The molecule has 0 radical (unpaired) electrons. The Kier molecular flexibility index (Phi) is 2.66. The van der Waals surface area contributed by atoms with Crippen molar-refractivity contribution in [2.24, 2.45) is 0 Å². The Bertz CT molecular complexity index is 511. The summed E-state index contributed by atoms with van der Waals surface area (Å²) >= 11 is 0. The highest BCUT2D eigenvalue weighted by atomic mass is 15.5. The third-order valence-corrected chi connectivity index (χ3v) is 2.64. The van der Waals surface area contributed by atoms with Gasteiger partial charge in [0.2, 0.25) is 0 Å². The Labute approximate surface area is 95.7 Å². The molecule has 0 spiro atoms. The zero-order valence-corrected chi connectivity index (χ0v) is 10.5. The predicted molar refractivity (Wildman–Crippen MR) is 63.7 cm³/mol. The normalized spacial score (nSPS) is 11.9. The van der Waals surface area contributed by atoms with Crippen LogP contribution in [-0.2, 0) is 0 Å². The van der Waals surface area contributed by atoms with Crippen molar-refractivity contribution < 1.29 is 0 Å². The van der Waals surface area contributed by atoms with Crippen molar-refractivity contribution in [3.63, 3.8) is 0 Å². The second-order valence-electron chi connectivity index (χ2n) is 4.84. The molecule has 0 bridgehead atoms. The summed E-state index contributed by atoms with van der Waals surface area (Å²) in [7, 11) is 0. The van der Waals surface area contributed by atoms with E-state index in [0.29, 0.717) is 11.8 Å². The fourth-order valence-corrected chi connectivity index (χ4v) is 1.59. The molecular weight excluding hydrogens is 200 g/mol. The van der Waals surface area contributed by atoms with Gasteiger partial charge >= 0.3 is 0 Å².